The van der Waals surface area contributed by atoms with Gasteiger partial charge in [-0.15, -0.1) is 11.8 Å². The first-order valence-corrected chi connectivity index (χ1v) is 11.1. The maximum absolute atomic E-state index is 12.4. The van der Waals surface area contributed by atoms with E-state index in [0.29, 0.717) is 12.2 Å². The largest absolute Gasteiger partial charge is 0.388 e. The SMILES string of the molecule is CC(=O)CCSC1CC(=O)N(CCOC[C@@]23CO[C@@H](O2)[C@@H](NC(C)=O)[C@@H](O)[C@H]3O)C1=O. The standard InChI is InChI=1S/C19H28N2O9S/c1-10(22)3-6-31-12-7-13(24)21(17(12)27)4-5-28-8-19-9-29-18(30-19)14(20-11(2)23)15(25)16(19)26/h12,14-16,18,25-26H,3-9H2,1-2H3,(H,20,23)/t12?,14-,15+,16+,18-,19-/m0/s1. The van der Waals surface area contributed by atoms with Crippen molar-refractivity contribution in [1.29, 1.82) is 0 Å². The van der Waals surface area contributed by atoms with Crippen LogP contribution in [0.3, 0.4) is 0 Å². The summed E-state index contributed by atoms with van der Waals surface area (Å²) in [5.74, 6) is -0.458. The van der Waals surface area contributed by atoms with E-state index in [1.54, 1.807) is 0 Å². The number of thioether (sulfide) groups is 1. The van der Waals surface area contributed by atoms with E-state index in [1.165, 1.54) is 25.6 Å². The molecule has 11 nitrogen and oxygen atoms in total. The number of amides is 3. The van der Waals surface area contributed by atoms with Crippen LogP contribution in [0.5, 0.6) is 0 Å². The highest BCUT2D eigenvalue weighted by Gasteiger charge is 2.59. The molecule has 0 radical (unpaired) electrons. The minimum absolute atomic E-state index is 0.0238. The van der Waals surface area contributed by atoms with Gasteiger partial charge in [-0.25, -0.2) is 0 Å². The molecule has 3 aliphatic rings. The zero-order valence-electron chi connectivity index (χ0n) is 17.4. The van der Waals surface area contributed by atoms with Crippen LogP contribution in [0, 0.1) is 0 Å². The van der Waals surface area contributed by atoms with Crippen LogP contribution in [0.15, 0.2) is 0 Å². The summed E-state index contributed by atoms with van der Waals surface area (Å²) in [6.07, 6.45) is -3.13. The highest BCUT2D eigenvalue weighted by Crippen LogP contribution is 2.37. The Morgan fingerprint density at radius 1 is 1.32 bits per heavy atom. The topological polar surface area (TPSA) is 152 Å². The molecule has 0 spiro atoms. The van der Waals surface area contributed by atoms with Crippen LogP contribution in [0.25, 0.3) is 0 Å². The van der Waals surface area contributed by atoms with Gasteiger partial charge in [0, 0.05) is 25.5 Å². The fraction of sp³-hybridized carbons (Fsp3) is 0.789. The van der Waals surface area contributed by atoms with Gasteiger partial charge in [-0.1, -0.05) is 0 Å². The molecular formula is C19H28N2O9S. The summed E-state index contributed by atoms with van der Waals surface area (Å²) in [6.45, 7) is 2.68. The minimum atomic E-state index is -1.36. The summed E-state index contributed by atoms with van der Waals surface area (Å²) >= 11 is 1.30. The molecule has 3 N–H and O–H groups in total. The van der Waals surface area contributed by atoms with Crippen molar-refractivity contribution in [3.8, 4) is 0 Å². The van der Waals surface area contributed by atoms with Crippen molar-refractivity contribution in [2.45, 2.75) is 62.1 Å². The molecule has 3 amide bonds. The highest BCUT2D eigenvalue weighted by molar-refractivity contribution is 8.00. The number of carbonyl (C=O) groups excluding carboxylic acids is 4. The number of hydrogen-bond acceptors (Lipinski definition) is 10. The van der Waals surface area contributed by atoms with E-state index in [9.17, 15) is 29.4 Å². The minimum Gasteiger partial charge on any atom is -0.388 e. The summed E-state index contributed by atoms with van der Waals surface area (Å²) < 4.78 is 16.8. The predicted octanol–water partition coefficient (Wildman–Crippen LogP) is -1.81. The number of hydrogen-bond donors (Lipinski definition) is 3. The Labute approximate surface area is 183 Å². The number of ketones is 1. The van der Waals surface area contributed by atoms with Crippen molar-refractivity contribution in [3.63, 3.8) is 0 Å². The van der Waals surface area contributed by atoms with E-state index in [-0.39, 0.29) is 50.4 Å². The monoisotopic (exact) mass is 460 g/mol. The summed E-state index contributed by atoms with van der Waals surface area (Å²) in [5, 5.41) is 22.9. The second kappa shape index (κ2) is 9.92. The van der Waals surface area contributed by atoms with E-state index in [4.69, 9.17) is 14.2 Å². The Bertz CT molecular complexity index is 735. The zero-order chi connectivity index (χ0) is 22.8. The van der Waals surface area contributed by atoms with Gasteiger partial charge in [-0.05, 0) is 6.92 Å². The van der Waals surface area contributed by atoms with Gasteiger partial charge in [-0.2, -0.15) is 0 Å². The van der Waals surface area contributed by atoms with Gasteiger partial charge < -0.3 is 29.7 Å². The fourth-order valence-electron chi connectivity index (χ4n) is 3.84. The number of rotatable bonds is 10. The molecule has 2 bridgehead atoms. The average Bonchev–Trinajstić information content (AvgIpc) is 3.22. The molecule has 6 atom stereocenters. The number of carbonyl (C=O) groups is 4. The Morgan fingerprint density at radius 2 is 2.06 bits per heavy atom. The number of Topliss-reactive ketones (excluding diaryl/α,β-unsaturated/α-hetero) is 1. The van der Waals surface area contributed by atoms with Crippen molar-refractivity contribution in [2.75, 3.05) is 32.1 Å². The lowest BCUT2D eigenvalue weighted by Crippen LogP contribution is -2.66. The van der Waals surface area contributed by atoms with Crippen LogP contribution < -0.4 is 5.32 Å². The molecule has 3 aliphatic heterocycles. The van der Waals surface area contributed by atoms with Crippen LogP contribution in [-0.2, 0) is 33.4 Å². The smallest absolute Gasteiger partial charge is 0.242 e. The maximum atomic E-state index is 12.4. The van der Waals surface area contributed by atoms with Gasteiger partial charge in [0.15, 0.2) is 6.29 Å². The molecule has 0 aromatic carbocycles. The third-order valence-electron chi connectivity index (χ3n) is 5.52. The molecule has 3 fully saturated rings. The number of imide groups is 1. The number of fused-ring (bicyclic) bond motifs is 2. The Balaban J connectivity index is 1.46. The van der Waals surface area contributed by atoms with Crippen molar-refractivity contribution in [2.24, 2.45) is 0 Å². The molecule has 0 saturated carbocycles. The first-order valence-electron chi connectivity index (χ1n) is 10.1. The number of nitrogens with one attached hydrogen (secondary N) is 1. The lowest BCUT2D eigenvalue weighted by molar-refractivity contribution is -0.237. The lowest BCUT2D eigenvalue weighted by Gasteiger charge is -2.42. The average molecular weight is 461 g/mol. The molecule has 3 heterocycles. The lowest BCUT2D eigenvalue weighted by atomic mass is 9.88. The van der Waals surface area contributed by atoms with Gasteiger partial charge in [0.2, 0.25) is 17.7 Å². The third kappa shape index (κ3) is 5.26. The summed E-state index contributed by atoms with van der Waals surface area (Å²) in [4.78, 5) is 48.0. The highest BCUT2D eigenvalue weighted by atomic mass is 32.2. The number of aliphatic hydroxyl groups is 2. The molecule has 0 aromatic heterocycles. The van der Waals surface area contributed by atoms with Crippen LogP contribution in [0.2, 0.25) is 0 Å². The summed E-state index contributed by atoms with van der Waals surface area (Å²) in [7, 11) is 0. The van der Waals surface area contributed by atoms with Gasteiger partial charge in [0.25, 0.3) is 0 Å². The Morgan fingerprint density at radius 3 is 2.74 bits per heavy atom. The van der Waals surface area contributed by atoms with Crippen LogP contribution in [0.1, 0.15) is 26.7 Å². The van der Waals surface area contributed by atoms with Gasteiger partial charge >= 0.3 is 0 Å². The molecular weight excluding hydrogens is 432 g/mol. The second-order valence-electron chi connectivity index (χ2n) is 7.98. The van der Waals surface area contributed by atoms with Gasteiger partial charge in [-0.3, -0.25) is 24.1 Å². The number of likely N-dealkylation sites (tertiary alicyclic amines) is 1. The van der Waals surface area contributed by atoms with Crippen molar-refractivity contribution in [3.05, 3.63) is 0 Å². The number of nitrogens with zero attached hydrogens (tertiary/aromatic N) is 1. The first kappa shape index (κ1) is 24.1. The molecule has 3 saturated heterocycles. The van der Waals surface area contributed by atoms with Crippen molar-refractivity contribution < 1.29 is 43.6 Å². The zero-order valence-corrected chi connectivity index (χ0v) is 18.3. The van der Waals surface area contributed by atoms with Gasteiger partial charge in [0.05, 0.1) is 31.6 Å². The predicted molar refractivity (Wildman–Crippen MR) is 107 cm³/mol. The van der Waals surface area contributed by atoms with E-state index in [1.807, 2.05) is 0 Å². The number of ether oxygens (including phenoxy) is 3. The Hall–Kier alpha value is -1.57. The fourth-order valence-corrected chi connectivity index (χ4v) is 5.06. The van der Waals surface area contributed by atoms with Crippen molar-refractivity contribution >= 4 is 35.3 Å². The molecule has 174 valence electrons. The molecule has 3 rings (SSSR count). The molecule has 0 aliphatic carbocycles. The van der Waals surface area contributed by atoms with Crippen molar-refractivity contribution in [1.82, 2.24) is 10.2 Å². The Kier molecular flexibility index (Phi) is 7.71. The third-order valence-corrected chi connectivity index (χ3v) is 6.73. The number of aliphatic hydroxyl groups excluding tert-OH is 2. The molecule has 12 heteroatoms. The van der Waals surface area contributed by atoms with Crippen LogP contribution >= 0.6 is 11.8 Å². The van der Waals surface area contributed by atoms with E-state index in [0.717, 1.165) is 4.90 Å². The van der Waals surface area contributed by atoms with E-state index < -0.39 is 41.3 Å². The van der Waals surface area contributed by atoms with Gasteiger partial charge in [0.1, 0.15) is 29.6 Å². The van der Waals surface area contributed by atoms with Crippen LogP contribution in [-0.4, -0.2) is 106 Å². The van der Waals surface area contributed by atoms with E-state index >= 15 is 0 Å². The second-order valence-corrected chi connectivity index (χ2v) is 9.29. The quantitative estimate of drug-likeness (QED) is 0.251. The molecule has 0 aromatic rings. The summed E-state index contributed by atoms with van der Waals surface area (Å²) in [6, 6.07) is -0.902. The molecule has 31 heavy (non-hydrogen) atoms. The first-order chi connectivity index (χ1) is 14.6. The van der Waals surface area contributed by atoms with Crippen LogP contribution in [0.4, 0.5) is 0 Å². The normalized spacial score (nSPS) is 35.0. The summed E-state index contributed by atoms with van der Waals surface area (Å²) in [5.41, 5.74) is -1.30. The molecule has 1 unspecified atom stereocenters. The maximum Gasteiger partial charge on any atom is 0.242 e. The van der Waals surface area contributed by atoms with E-state index in [2.05, 4.69) is 5.32 Å².